The van der Waals surface area contributed by atoms with Gasteiger partial charge >= 0.3 is 6.03 Å². The predicted molar refractivity (Wildman–Crippen MR) is 92.8 cm³/mol. The molecule has 1 aromatic carbocycles. The highest BCUT2D eigenvalue weighted by atomic mass is 19.2. The number of urea groups is 1. The van der Waals surface area contributed by atoms with Gasteiger partial charge in [-0.2, -0.15) is 0 Å². The molecule has 148 valence electrons. The van der Waals surface area contributed by atoms with Gasteiger partial charge in [-0.15, -0.1) is 0 Å². The van der Waals surface area contributed by atoms with Crippen LogP contribution in [0.1, 0.15) is 12.8 Å². The third kappa shape index (κ3) is 4.16. The molecule has 0 saturated carbocycles. The lowest BCUT2D eigenvalue weighted by Crippen LogP contribution is -2.33. The smallest absolute Gasteiger partial charge is 0.329 e. The van der Waals surface area contributed by atoms with Crippen LogP contribution >= 0.6 is 0 Å². The van der Waals surface area contributed by atoms with E-state index in [1.165, 1.54) is 0 Å². The average molecular weight is 394 g/mol. The first kappa shape index (κ1) is 19.5. The predicted octanol–water partition coefficient (Wildman–Crippen LogP) is 1.93. The number of imide groups is 1. The van der Waals surface area contributed by atoms with Crippen molar-refractivity contribution < 1.29 is 27.6 Å². The summed E-state index contributed by atoms with van der Waals surface area (Å²) in [6, 6.07) is 2.94. The van der Waals surface area contributed by atoms with Crippen molar-refractivity contribution in [3.63, 3.8) is 0 Å². The van der Waals surface area contributed by atoms with Crippen LogP contribution in [0.5, 0.6) is 0 Å². The molecular formula is C18H17F3N4O3. The second-order valence-corrected chi connectivity index (χ2v) is 6.21. The van der Waals surface area contributed by atoms with Gasteiger partial charge in [-0.3, -0.25) is 9.59 Å². The Morgan fingerprint density at radius 2 is 1.75 bits per heavy atom. The first-order valence-corrected chi connectivity index (χ1v) is 8.53. The Bertz CT molecular complexity index is 878. The highest BCUT2D eigenvalue weighted by molar-refractivity contribution is 6.21. The van der Waals surface area contributed by atoms with Gasteiger partial charge in [0.25, 0.3) is 5.91 Å². The summed E-state index contributed by atoms with van der Waals surface area (Å²) in [6.07, 6.45) is 3.70. The molecule has 10 heteroatoms. The standard InChI is InChI=1S/C18H17F3N4O3/c19-12-9-11(10-13(20)16(12)21)25-17(27)14(23-18(25)28)3-4-15(26)22-5-8-24-6-1-2-7-24/h1-2,6-7,9-10,14H,3-5,8H2,(H,22,26)(H,23,28). The molecule has 1 aliphatic rings. The van der Waals surface area contributed by atoms with Gasteiger partial charge in [-0.05, 0) is 18.6 Å². The number of carbonyl (C=O) groups excluding carboxylic acids is 3. The number of anilines is 1. The zero-order chi connectivity index (χ0) is 20.3. The molecule has 3 rings (SSSR count). The Morgan fingerprint density at radius 3 is 2.39 bits per heavy atom. The molecule has 0 radical (unpaired) electrons. The summed E-state index contributed by atoms with van der Waals surface area (Å²) in [5, 5.41) is 5.05. The number of nitrogens with zero attached hydrogens (tertiary/aromatic N) is 2. The lowest BCUT2D eigenvalue weighted by Gasteiger charge is -2.13. The van der Waals surface area contributed by atoms with E-state index in [0.29, 0.717) is 30.1 Å². The van der Waals surface area contributed by atoms with Crippen LogP contribution in [-0.4, -0.2) is 35.0 Å². The number of benzene rings is 1. The Kier molecular flexibility index (Phi) is 5.67. The largest absolute Gasteiger partial charge is 0.354 e. The topological polar surface area (TPSA) is 83.4 Å². The molecule has 1 aliphatic heterocycles. The molecule has 1 fully saturated rings. The first-order valence-electron chi connectivity index (χ1n) is 8.53. The summed E-state index contributed by atoms with van der Waals surface area (Å²) < 4.78 is 41.7. The van der Waals surface area contributed by atoms with E-state index in [2.05, 4.69) is 10.6 Å². The third-order valence-electron chi connectivity index (χ3n) is 4.26. The minimum Gasteiger partial charge on any atom is -0.354 e. The van der Waals surface area contributed by atoms with Crippen molar-refractivity contribution >= 4 is 23.5 Å². The highest BCUT2D eigenvalue weighted by Gasteiger charge is 2.39. The van der Waals surface area contributed by atoms with Gasteiger partial charge in [0.05, 0.1) is 5.69 Å². The van der Waals surface area contributed by atoms with Gasteiger partial charge in [0.2, 0.25) is 5.91 Å². The fourth-order valence-electron chi connectivity index (χ4n) is 2.85. The molecule has 28 heavy (non-hydrogen) atoms. The van der Waals surface area contributed by atoms with Crippen LogP contribution in [0.25, 0.3) is 0 Å². The number of halogens is 3. The van der Waals surface area contributed by atoms with Crippen molar-refractivity contribution in [3.8, 4) is 0 Å². The molecule has 1 unspecified atom stereocenters. The average Bonchev–Trinajstić information content (AvgIpc) is 3.25. The second kappa shape index (κ2) is 8.15. The molecule has 0 spiro atoms. The lowest BCUT2D eigenvalue weighted by molar-refractivity contribution is -0.121. The van der Waals surface area contributed by atoms with E-state index >= 15 is 0 Å². The Labute approximate surface area is 158 Å². The van der Waals surface area contributed by atoms with Crippen molar-refractivity contribution in [1.82, 2.24) is 15.2 Å². The zero-order valence-electron chi connectivity index (χ0n) is 14.6. The van der Waals surface area contributed by atoms with E-state index in [9.17, 15) is 27.6 Å². The molecule has 1 atom stereocenters. The number of aromatic nitrogens is 1. The normalized spacial score (nSPS) is 16.4. The van der Waals surface area contributed by atoms with E-state index < -0.39 is 41.1 Å². The van der Waals surface area contributed by atoms with Crippen LogP contribution in [0.4, 0.5) is 23.7 Å². The number of hydrogen-bond donors (Lipinski definition) is 2. The van der Waals surface area contributed by atoms with Gasteiger partial charge < -0.3 is 15.2 Å². The van der Waals surface area contributed by atoms with Crippen LogP contribution in [-0.2, 0) is 16.1 Å². The molecule has 2 N–H and O–H groups in total. The summed E-state index contributed by atoms with van der Waals surface area (Å²) in [5.41, 5.74) is -0.419. The molecule has 4 amide bonds. The van der Waals surface area contributed by atoms with E-state index in [4.69, 9.17) is 0 Å². The number of hydrogen-bond acceptors (Lipinski definition) is 3. The van der Waals surface area contributed by atoms with Gasteiger partial charge in [0.15, 0.2) is 17.5 Å². The van der Waals surface area contributed by atoms with E-state index in [-0.39, 0.29) is 18.7 Å². The van der Waals surface area contributed by atoms with Gasteiger partial charge in [0.1, 0.15) is 6.04 Å². The highest BCUT2D eigenvalue weighted by Crippen LogP contribution is 2.25. The van der Waals surface area contributed by atoms with Crippen molar-refractivity contribution in [2.45, 2.75) is 25.4 Å². The van der Waals surface area contributed by atoms with Crippen LogP contribution in [0.15, 0.2) is 36.7 Å². The molecule has 7 nitrogen and oxygen atoms in total. The minimum atomic E-state index is -1.69. The summed E-state index contributed by atoms with van der Waals surface area (Å²) in [7, 11) is 0. The SMILES string of the molecule is O=C(CCC1NC(=O)N(c2cc(F)c(F)c(F)c2)C1=O)NCCn1cccc1. The van der Waals surface area contributed by atoms with E-state index in [1.54, 1.807) is 0 Å². The first-order chi connectivity index (χ1) is 13.4. The van der Waals surface area contributed by atoms with Crippen molar-refractivity contribution in [2.24, 2.45) is 0 Å². The van der Waals surface area contributed by atoms with Gasteiger partial charge in [-0.25, -0.2) is 22.9 Å². The third-order valence-corrected chi connectivity index (χ3v) is 4.26. The van der Waals surface area contributed by atoms with Crippen molar-refractivity contribution in [3.05, 3.63) is 54.1 Å². The molecule has 2 heterocycles. The molecule has 1 aromatic heterocycles. The van der Waals surface area contributed by atoms with Crippen LogP contribution in [0.2, 0.25) is 0 Å². The lowest BCUT2D eigenvalue weighted by atomic mass is 10.1. The maximum atomic E-state index is 13.4. The molecule has 0 aliphatic carbocycles. The van der Waals surface area contributed by atoms with Crippen LogP contribution in [0.3, 0.4) is 0 Å². The molecule has 2 aromatic rings. The second-order valence-electron chi connectivity index (χ2n) is 6.21. The van der Waals surface area contributed by atoms with Crippen molar-refractivity contribution in [1.29, 1.82) is 0 Å². The maximum absolute atomic E-state index is 13.4. The number of amides is 4. The summed E-state index contributed by atoms with van der Waals surface area (Å²) in [5.74, 6) is -5.78. The number of rotatable bonds is 7. The minimum absolute atomic E-state index is 0.0165. The van der Waals surface area contributed by atoms with E-state index in [1.807, 2.05) is 29.1 Å². The monoisotopic (exact) mass is 394 g/mol. The Morgan fingerprint density at radius 1 is 1.11 bits per heavy atom. The van der Waals surface area contributed by atoms with Crippen LogP contribution < -0.4 is 15.5 Å². The number of carbonyl (C=O) groups is 3. The summed E-state index contributed by atoms with van der Waals surface area (Å²) in [4.78, 5) is 36.8. The zero-order valence-corrected chi connectivity index (χ0v) is 14.6. The Balaban J connectivity index is 1.54. The maximum Gasteiger partial charge on any atom is 0.329 e. The number of nitrogens with one attached hydrogen (secondary N) is 2. The van der Waals surface area contributed by atoms with Gasteiger partial charge in [-0.1, -0.05) is 0 Å². The van der Waals surface area contributed by atoms with Gasteiger partial charge in [0, 0.05) is 44.0 Å². The molecule has 1 saturated heterocycles. The Hall–Kier alpha value is -3.30. The fraction of sp³-hybridized carbons (Fsp3) is 0.278. The quantitative estimate of drug-likeness (QED) is 0.556. The van der Waals surface area contributed by atoms with Crippen LogP contribution in [0, 0.1) is 17.5 Å². The van der Waals surface area contributed by atoms with Crippen molar-refractivity contribution in [2.75, 3.05) is 11.4 Å². The fourth-order valence-corrected chi connectivity index (χ4v) is 2.85. The van der Waals surface area contributed by atoms with E-state index in [0.717, 1.165) is 0 Å². The summed E-state index contributed by atoms with van der Waals surface area (Å²) in [6.45, 7) is 0.992. The molecular weight excluding hydrogens is 377 g/mol. The molecule has 0 bridgehead atoms. The summed E-state index contributed by atoms with van der Waals surface area (Å²) >= 11 is 0.